The molecule has 2 heterocycles. The Morgan fingerprint density at radius 2 is 1.74 bits per heavy atom. The van der Waals surface area contributed by atoms with Crippen LogP contribution in [0.3, 0.4) is 0 Å². The summed E-state index contributed by atoms with van der Waals surface area (Å²) in [5, 5.41) is 0.411. The van der Waals surface area contributed by atoms with Gasteiger partial charge >= 0.3 is 5.97 Å². The van der Waals surface area contributed by atoms with E-state index in [4.69, 9.17) is 23.4 Å². The van der Waals surface area contributed by atoms with Crippen molar-refractivity contribution >= 4 is 16.9 Å². The quantitative estimate of drug-likeness (QED) is 0.307. The summed E-state index contributed by atoms with van der Waals surface area (Å²) in [6, 6.07) is 15.3. The monoisotopic (exact) mass is 458 g/mol. The maximum Gasteiger partial charge on any atom is 0.343 e. The lowest BCUT2D eigenvalue weighted by Gasteiger charge is -2.18. The predicted octanol–water partition coefficient (Wildman–Crippen LogP) is 5.02. The van der Waals surface area contributed by atoms with E-state index in [0.717, 1.165) is 5.56 Å². The number of carbonyl (C=O) groups is 1. The number of benzene rings is 3. The third-order valence-electron chi connectivity index (χ3n) is 5.72. The molecule has 0 saturated heterocycles. The summed E-state index contributed by atoms with van der Waals surface area (Å²) in [5.41, 5.74) is 2.35. The van der Waals surface area contributed by atoms with Gasteiger partial charge in [-0.1, -0.05) is 13.0 Å². The fraction of sp³-hybridized carbons (Fsp3) is 0.185. The summed E-state index contributed by atoms with van der Waals surface area (Å²) in [4.78, 5) is 26.0. The van der Waals surface area contributed by atoms with Gasteiger partial charge in [0.05, 0.1) is 23.6 Å². The molecule has 7 heteroatoms. The number of carbonyl (C=O) groups excluding carboxylic acids is 1. The normalized spacial score (nSPS) is 12.4. The van der Waals surface area contributed by atoms with Crippen molar-refractivity contribution in [3.8, 4) is 34.1 Å². The minimum Gasteiger partial charge on any atom is -0.497 e. The summed E-state index contributed by atoms with van der Waals surface area (Å²) in [6.07, 6.45) is 1.98. The van der Waals surface area contributed by atoms with Crippen LogP contribution in [-0.4, -0.2) is 26.3 Å². The van der Waals surface area contributed by atoms with Crippen molar-refractivity contribution in [1.82, 2.24) is 0 Å². The Hall–Kier alpha value is -4.26. The molecular formula is C27H22O7. The maximum atomic E-state index is 13.3. The number of hydrogen-bond acceptors (Lipinski definition) is 7. The van der Waals surface area contributed by atoms with Gasteiger partial charge in [0.25, 0.3) is 0 Å². The Balaban J connectivity index is 1.50. The van der Waals surface area contributed by atoms with Crippen LogP contribution in [0.5, 0.6) is 23.0 Å². The van der Waals surface area contributed by atoms with Crippen LogP contribution in [0.1, 0.15) is 22.8 Å². The molecule has 0 saturated carbocycles. The van der Waals surface area contributed by atoms with Gasteiger partial charge in [0, 0.05) is 6.07 Å². The minimum absolute atomic E-state index is 0.180. The number of fused-ring (bicyclic) bond motifs is 2. The van der Waals surface area contributed by atoms with Gasteiger partial charge in [0.15, 0.2) is 11.5 Å². The van der Waals surface area contributed by atoms with Crippen molar-refractivity contribution in [1.29, 1.82) is 0 Å². The summed E-state index contributed by atoms with van der Waals surface area (Å²) in [7, 11) is 1.56. The van der Waals surface area contributed by atoms with E-state index in [2.05, 4.69) is 0 Å². The van der Waals surface area contributed by atoms with Gasteiger partial charge in [-0.3, -0.25) is 4.79 Å². The van der Waals surface area contributed by atoms with E-state index in [1.807, 2.05) is 6.92 Å². The third-order valence-corrected chi connectivity index (χ3v) is 5.72. The second kappa shape index (κ2) is 8.94. The van der Waals surface area contributed by atoms with E-state index in [9.17, 15) is 9.59 Å². The van der Waals surface area contributed by atoms with Gasteiger partial charge in [-0.05, 0) is 60.0 Å². The molecule has 1 aromatic heterocycles. The second-order valence-corrected chi connectivity index (χ2v) is 7.76. The first-order valence-corrected chi connectivity index (χ1v) is 10.9. The molecule has 5 rings (SSSR count). The van der Waals surface area contributed by atoms with E-state index < -0.39 is 5.97 Å². The Morgan fingerprint density at radius 1 is 0.971 bits per heavy atom. The molecule has 0 amide bonds. The Morgan fingerprint density at radius 3 is 2.47 bits per heavy atom. The average Bonchev–Trinajstić information content (AvgIpc) is 2.88. The molecule has 0 spiro atoms. The fourth-order valence-corrected chi connectivity index (χ4v) is 3.87. The molecule has 1 aliphatic heterocycles. The van der Waals surface area contributed by atoms with Gasteiger partial charge in [-0.25, -0.2) is 4.79 Å². The molecule has 0 bridgehead atoms. The zero-order valence-electron chi connectivity index (χ0n) is 18.8. The van der Waals surface area contributed by atoms with Crippen molar-refractivity contribution < 1.29 is 28.2 Å². The Bertz CT molecular complexity index is 1430. The van der Waals surface area contributed by atoms with Gasteiger partial charge in [-0.15, -0.1) is 0 Å². The van der Waals surface area contributed by atoms with E-state index in [-0.39, 0.29) is 5.43 Å². The van der Waals surface area contributed by atoms with Crippen LogP contribution in [0, 0.1) is 0 Å². The van der Waals surface area contributed by atoms with Gasteiger partial charge in [-0.2, -0.15) is 0 Å². The third kappa shape index (κ3) is 3.96. The fourth-order valence-electron chi connectivity index (χ4n) is 3.87. The number of methoxy groups -OCH3 is 1. The zero-order valence-corrected chi connectivity index (χ0v) is 18.8. The summed E-state index contributed by atoms with van der Waals surface area (Å²) in [5.74, 6) is 1.74. The first-order valence-electron chi connectivity index (χ1n) is 10.9. The number of esters is 1. The van der Waals surface area contributed by atoms with Crippen molar-refractivity contribution in [3.05, 3.63) is 82.2 Å². The Kier molecular flexibility index (Phi) is 5.67. The molecule has 1 aliphatic rings. The topological polar surface area (TPSA) is 84.2 Å². The molecule has 34 heavy (non-hydrogen) atoms. The molecule has 4 aromatic rings. The predicted molar refractivity (Wildman–Crippen MR) is 126 cm³/mol. The first-order chi connectivity index (χ1) is 16.6. The van der Waals surface area contributed by atoms with E-state index in [1.54, 1.807) is 61.7 Å². The Labute approximate surface area is 195 Å². The number of aryl methyl sites for hydroxylation is 1. The van der Waals surface area contributed by atoms with Crippen LogP contribution in [0.2, 0.25) is 0 Å². The minimum atomic E-state index is -0.507. The summed E-state index contributed by atoms with van der Waals surface area (Å²) in [6.45, 7) is 2.88. The largest absolute Gasteiger partial charge is 0.497 e. The lowest BCUT2D eigenvalue weighted by atomic mass is 10.0. The lowest BCUT2D eigenvalue weighted by Crippen LogP contribution is -2.15. The molecular weight excluding hydrogens is 436 g/mol. The average molecular weight is 458 g/mol. The zero-order chi connectivity index (χ0) is 23.7. The van der Waals surface area contributed by atoms with Crippen LogP contribution in [0.25, 0.3) is 22.1 Å². The van der Waals surface area contributed by atoms with Crippen LogP contribution in [0.15, 0.2) is 70.1 Å². The second-order valence-electron chi connectivity index (χ2n) is 7.76. The van der Waals surface area contributed by atoms with Gasteiger partial charge in [0.1, 0.15) is 36.6 Å². The molecule has 0 radical (unpaired) electrons. The molecule has 3 aromatic carbocycles. The molecule has 0 unspecified atom stereocenters. The van der Waals surface area contributed by atoms with Gasteiger partial charge < -0.3 is 23.4 Å². The molecule has 0 aliphatic carbocycles. The lowest BCUT2D eigenvalue weighted by molar-refractivity contribution is 0.0733. The molecule has 7 nitrogen and oxygen atoms in total. The van der Waals surface area contributed by atoms with Crippen molar-refractivity contribution in [2.45, 2.75) is 13.3 Å². The van der Waals surface area contributed by atoms with Crippen LogP contribution in [0.4, 0.5) is 0 Å². The maximum absolute atomic E-state index is 13.3. The molecule has 172 valence electrons. The number of ether oxygens (including phenoxy) is 4. The molecule has 0 N–H and O–H groups in total. The standard InChI is InChI=1S/C27H22O7/c1-3-16-12-20-24(14-23(16)34-27(29)17-4-7-19(30-2)8-5-17)33-15-21(26(20)28)18-6-9-22-25(13-18)32-11-10-31-22/h4-9,12-15H,3,10-11H2,1-2H3. The molecule has 0 fully saturated rings. The van der Waals surface area contributed by atoms with Crippen LogP contribution < -0.4 is 24.4 Å². The highest BCUT2D eigenvalue weighted by atomic mass is 16.6. The van der Waals surface area contributed by atoms with Crippen LogP contribution in [-0.2, 0) is 6.42 Å². The van der Waals surface area contributed by atoms with Crippen molar-refractivity contribution in [2.75, 3.05) is 20.3 Å². The van der Waals surface area contributed by atoms with Crippen molar-refractivity contribution in [2.24, 2.45) is 0 Å². The summed E-state index contributed by atoms with van der Waals surface area (Å²) < 4.78 is 27.8. The highest BCUT2D eigenvalue weighted by Gasteiger charge is 2.18. The van der Waals surface area contributed by atoms with Gasteiger partial charge in [0.2, 0.25) is 5.43 Å². The number of hydrogen-bond donors (Lipinski definition) is 0. The molecule has 0 atom stereocenters. The summed E-state index contributed by atoms with van der Waals surface area (Å²) >= 11 is 0. The highest BCUT2D eigenvalue weighted by molar-refractivity contribution is 5.92. The van der Waals surface area contributed by atoms with E-state index in [0.29, 0.717) is 70.3 Å². The SMILES string of the molecule is CCc1cc2c(=O)c(-c3ccc4c(c3)OCCO4)coc2cc1OC(=O)c1ccc(OC)cc1. The smallest absolute Gasteiger partial charge is 0.343 e. The highest BCUT2D eigenvalue weighted by Crippen LogP contribution is 2.34. The first kappa shape index (κ1) is 21.6. The van der Waals surface area contributed by atoms with Crippen LogP contribution >= 0.6 is 0 Å². The number of rotatable bonds is 5. The van der Waals surface area contributed by atoms with Crippen molar-refractivity contribution in [3.63, 3.8) is 0 Å². The van der Waals surface area contributed by atoms with E-state index in [1.165, 1.54) is 6.26 Å². The van der Waals surface area contributed by atoms with E-state index >= 15 is 0 Å².